The molecule has 0 aliphatic carbocycles. The summed E-state index contributed by atoms with van der Waals surface area (Å²) in [5.74, 6) is -0.572. The number of carbonyl (C=O) groups excluding carboxylic acids is 1. The van der Waals surface area contributed by atoms with Crippen LogP contribution < -0.4 is 11.1 Å². The molecule has 118 valence electrons. The van der Waals surface area contributed by atoms with Gasteiger partial charge in [-0.3, -0.25) is 4.79 Å². The number of rotatable bonds is 7. The highest BCUT2D eigenvalue weighted by atomic mass is 16.3. The van der Waals surface area contributed by atoms with Crippen molar-refractivity contribution in [1.29, 1.82) is 0 Å². The fourth-order valence-electron chi connectivity index (χ4n) is 2.41. The highest BCUT2D eigenvalue weighted by Crippen LogP contribution is 2.25. The third kappa shape index (κ3) is 4.36. The molecular formula is C16H26N2O3. The third-order valence-corrected chi connectivity index (χ3v) is 4.25. The Morgan fingerprint density at radius 2 is 1.76 bits per heavy atom. The van der Waals surface area contributed by atoms with Crippen molar-refractivity contribution in [2.24, 2.45) is 5.73 Å². The van der Waals surface area contributed by atoms with Gasteiger partial charge in [-0.2, -0.15) is 0 Å². The molecule has 0 fully saturated rings. The molecule has 1 aromatic rings. The fraction of sp³-hybridized carbons (Fsp3) is 0.562. The van der Waals surface area contributed by atoms with Crippen LogP contribution in [0.15, 0.2) is 18.2 Å². The molecule has 0 saturated heterocycles. The Labute approximate surface area is 126 Å². The van der Waals surface area contributed by atoms with Gasteiger partial charge >= 0.3 is 0 Å². The van der Waals surface area contributed by atoms with E-state index < -0.39 is 6.04 Å². The second-order valence-electron chi connectivity index (χ2n) is 5.46. The zero-order chi connectivity index (χ0) is 16.0. The second kappa shape index (κ2) is 7.31. The molecule has 5 N–H and O–H groups in total. The topological polar surface area (TPSA) is 95.6 Å². The van der Waals surface area contributed by atoms with Gasteiger partial charge in [-0.1, -0.05) is 26.8 Å². The minimum absolute atomic E-state index is 0.182. The molecule has 0 aliphatic heterocycles. The predicted octanol–water partition coefficient (Wildman–Crippen LogP) is 2.05. The second-order valence-corrected chi connectivity index (χ2v) is 5.46. The molecule has 5 nitrogen and oxygen atoms in total. The number of amides is 1. The lowest BCUT2D eigenvalue weighted by molar-refractivity contribution is -0.124. The van der Waals surface area contributed by atoms with Gasteiger partial charge < -0.3 is 21.3 Å². The van der Waals surface area contributed by atoms with Crippen molar-refractivity contribution < 1.29 is 15.0 Å². The van der Waals surface area contributed by atoms with Gasteiger partial charge in [-0.25, -0.2) is 0 Å². The van der Waals surface area contributed by atoms with Gasteiger partial charge in [0.2, 0.25) is 5.91 Å². The molecule has 5 heteroatoms. The quantitative estimate of drug-likeness (QED) is 0.579. The first kappa shape index (κ1) is 17.3. The first-order valence-corrected chi connectivity index (χ1v) is 7.46. The van der Waals surface area contributed by atoms with E-state index in [1.54, 1.807) is 6.07 Å². The average molecular weight is 294 g/mol. The average Bonchev–Trinajstić information content (AvgIpc) is 2.48. The van der Waals surface area contributed by atoms with E-state index in [0.717, 1.165) is 19.3 Å². The zero-order valence-electron chi connectivity index (χ0n) is 13.0. The number of hydrogen-bond acceptors (Lipinski definition) is 4. The van der Waals surface area contributed by atoms with Gasteiger partial charge in [0.05, 0.1) is 6.04 Å². The minimum Gasteiger partial charge on any atom is -0.504 e. The van der Waals surface area contributed by atoms with Crippen LogP contribution in [0.2, 0.25) is 0 Å². The van der Waals surface area contributed by atoms with E-state index in [4.69, 9.17) is 5.73 Å². The Balaban J connectivity index is 2.72. The maximum Gasteiger partial charge on any atom is 0.237 e. The lowest BCUT2D eigenvalue weighted by atomic mass is 9.89. The number of hydrogen-bond donors (Lipinski definition) is 4. The molecule has 21 heavy (non-hydrogen) atoms. The summed E-state index contributed by atoms with van der Waals surface area (Å²) in [6.45, 7) is 6.16. The molecule has 1 amide bonds. The third-order valence-electron chi connectivity index (χ3n) is 4.25. The van der Waals surface area contributed by atoms with Crippen LogP contribution in [0, 0.1) is 0 Å². The summed E-state index contributed by atoms with van der Waals surface area (Å²) in [6, 6.07) is 3.78. The SMILES string of the molecule is CCC(CC)(CC)NC(=O)[C@@H](N)Cc1ccc(O)c(O)c1. The summed E-state index contributed by atoms with van der Waals surface area (Å²) in [4.78, 5) is 12.2. The molecule has 0 radical (unpaired) electrons. The Morgan fingerprint density at radius 1 is 1.19 bits per heavy atom. The maximum absolute atomic E-state index is 12.2. The minimum atomic E-state index is -0.682. The summed E-state index contributed by atoms with van der Waals surface area (Å²) in [5.41, 5.74) is 6.46. The van der Waals surface area contributed by atoms with Crippen LogP contribution in [0.3, 0.4) is 0 Å². The summed E-state index contributed by atoms with van der Waals surface area (Å²) in [7, 11) is 0. The van der Waals surface area contributed by atoms with Crippen molar-refractivity contribution >= 4 is 5.91 Å². The summed E-state index contributed by atoms with van der Waals surface area (Å²) < 4.78 is 0. The van der Waals surface area contributed by atoms with Crippen molar-refractivity contribution in [1.82, 2.24) is 5.32 Å². The predicted molar refractivity (Wildman–Crippen MR) is 83.2 cm³/mol. The number of phenols is 2. The van der Waals surface area contributed by atoms with Crippen LogP contribution in [-0.2, 0) is 11.2 Å². The normalized spacial score (nSPS) is 13.0. The summed E-state index contributed by atoms with van der Waals surface area (Å²) in [6.07, 6.45) is 2.89. The van der Waals surface area contributed by atoms with E-state index in [0.29, 0.717) is 12.0 Å². The van der Waals surface area contributed by atoms with Gasteiger partial charge in [0.15, 0.2) is 11.5 Å². The molecule has 1 atom stereocenters. The first-order valence-electron chi connectivity index (χ1n) is 7.46. The summed E-state index contributed by atoms with van der Waals surface area (Å²) >= 11 is 0. The molecule has 0 heterocycles. The van der Waals surface area contributed by atoms with Crippen LogP contribution in [-0.4, -0.2) is 27.7 Å². The standard InChI is InChI=1S/C16H26N2O3/c1-4-16(5-2,6-3)18-15(21)12(17)9-11-7-8-13(19)14(20)10-11/h7-8,10,12,19-20H,4-6,9,17H2,1-3H3,(H,18,21)/t12-/m0/s1. The molecule has 0 aromatic heterocycles. The molecule has 0 spiro atoms. The monoisotopic (exact) mass is 294 g/mol. The summed E-state index contributed by atoms with van der Waals surface area (Å²) in [5, 5.41) is 21.8. The molecule has 0 bridgehead atoms. The molecule has 0 saturated carbocycles. The number of phenolic OH excluding ortho intramolecular Hbond substituents is 2. The van der Waals surface area contributed by atoms with Crippen LogP contribution in [0.4, 0.5) is 0 Å². The van der Waals surface area contributed by atoms with E-state index in [-0.39, 0.29) is 22.9 Å². The highest BCUT2D eigenvalue weighted by Gasteiger charge is 2.28. The van der Waals surface area contributed by atoms with E-state index in [1.807, 2.05) is 0 Å². The Hall–Kier alpha value is -1.75. The Bertz CT molecular complexity index is 476. The molecule has 1 aromatic carbocycles. The zero-order valence-corrected chi connectivity index (χ0v) is 13.0. The molecule has 0 aliphatic rings. The van der Waals surface area contributed by atoms with E-state index in [9.17, 15) is 15.0 Å². The fourth-order valence-corrected chi connectivity index (χ4v) is 2.41. The lowest BCUT2D eigenvalue weighted by Gasteiger charge is -2.33. The highest BCUT2D eigenvalue weighted by molar-refractivity contribution is 5.82. The van der Waals surface area contributed by atoms with Gasteiger partial charge in [0, 0.05) is 5.54 Å². The van der Waals surface area contributed by atoms with Gasteiger partial charge in [0.25, 0.3) is 0 Å². The molecule has 0 unspecified atom stereocenters. The molecular weight excluding hydrogens is 268 g/mol. The van der Waals surface area contributed by atoms with Crippen molar-refractivity contribution in [2.75, 3.05) is 0 Å². The van der Waals surface area contributed by atoms with Crippen molar-refractivity contribution in [3.63, 3.8) is 0 Å². The lowest BCUT2D eigenvalue weighted by Crippen LogP contribution is -2.53. The first-order chi connectivity index (χ1) is 9.87. The van der Waals surface area contributed by atoms with E-state index in [1.165, 1.54) is 12.1 Å². The van der Waals surface area contributed by atoms with Crippen molar-refractivity contribution in [2.45, 2.75) is 58.0 Å². The van der Waals surface area contributed by atoms with Gasteiger partial charge in [-0.15, -0.1) is 0 Å². The van der Waals surface area contributed by atoms with Gasteiger partial charge in [-0.05, 0) is 43.4 Å². The van der Waals surface area contributed by atoms with Crippen molar-refractivity contribution in [3.8, 4) is 11.5 Å². The van der Waals surface area contributed by atoms with Crippen LogP contribution in [0.25, 0.3) is 0 Å². The number of carbonyl (C=O) groups is 1. The number of nitrogens with two attached hydrogens (primary N) is 1. The maximum atomic E-state index is 12.2. The largest absolute Gasteiger partial charge is 0.504 e. The number of aromatic hydroxyl groups is 2. The van der Waals surface area contributed by atoms with Crippen LogP contribution >= 0.6 is 0 Å². The van der Waals surface area contributed by atoms with Crippen molar-refractivity contribution in [3.05, 3.63) is 23.8 Å². The molecule has 1 rings (SSSR count). The van der Waals surface area contributed by atoms with Crippen LogP contribution in [0.5, 0.6) is 11.5 Å². The number of nitrogens with one attached hydrogen (secondary N) is 1. The Kier molecular flexibility index (Phi) is 6.03. The smallest absolute Gasteiger partial charge is 0.237 e. The van der Waals surface area contributed by atoms with E-state index >= 15 is 0 Å². The number of benzene rings is 1. The van der Waals surface area contributed by atoms with E-state index in [2.05, 4.69) is 26.1 Å². The Morgan fingerprint density at radius 3 is 2.24 bits per heavy atom. The van der Waals surface area contributed by atoms with Gasteiger partial charge in [0.1, 0.15) is 0 Å². The van der Waals surface area contributed by atoms with Crippen LogP contribution in [0.1, 0.15) is 45.6 Å².